The maximum Gasteiger partial charge on any atom is 0.269 e. The molecule has 0 aliphatic carbocycles. The Hall–Kier alpha value is -0.630. The summed E-state index contributed by atoms with van der Waals surface area (Å²) in [6.45, 7) is 7.65. The third kappa shape index (κ3) is 4.63. The van der Waals surface area contributed by atoms with E-state index in [0.717, 1.165) is 5.56 Å². The largest absolute Gasteiger partial charge is 0.321 e. The quantitative estimate of drug-likeness (QED) is 0.758. The van der Waals surface area contributed by atoms with E-state index in [1.165, 1.54) is 7.11 Å². The van der Waals surface area contributed by atoms with Crippen LogP contribution in [0.1, 0.15) is 32.4 Å². The van der Waals surface area contributed by atoms with Gasteiger partial charge in [0.1, 0.15) is 0 Å². The number of nitrogens with zero attached hydrogens (tertiary/aromatic N) is 1. The zero-order valence-corrected chi connectivity index (χ0v) is 12.6. The molecule has 1 unspecified atom stereocenters. The third-order valence-electron chi connectivity index (χ3n) is 2.75. The van der Waals surface area contributed by atoms with Crippen molar-refractivity contribution in [2.45, 2.75) is 26.8 Å². The molecule has 0 saturated carbocycles. The van der Waals surface area contributed by atoms with Crippen LogP contribution >= 0.6 is 7.52 Å². The highest BCUT2D eigenvalue weighted by Crippen LogP contribution is 2.49. The van der Waals surface area contributed by atoms with Crippen LogP contribution in [-0.2, 0) is 9.09 Å². The van der Waals surface area contributed by atoms with Crippen LogP contribution in [0, 0.1) is 0 Å². The molecule has 4 heteroatoms. The van der Waals surface area contributed by atoms with Crippen molar-refractivity contribution < 1.29 is 9.09 Å². The lowest BCUT2D eigenvalue weighted by atomic mass is 10.1. The highest BCUT2D eigenvalue weighted by molar-refractivity contribution is 7.55. The predicted molar refractivity (Wildman–Crippen MR) is 74.5 cm³/mol. The van der Waals surface area contributed by atoms with Crippen LogP contribution in [0.4, 0.5) is 0 Å². The monoisotopic (exact) mass is 257 g/mol. The van der Waals surface area contributed by atoms with Crippen LogP contribution < -0.4 is 0 Å². The van der Waals surface area contributed by atoms with E-state index in [-0.39, 0.29) is 6.04 Å². The molecule has 0 fully saturated rings. The Morgan fingerprint density at radius 3 is 2.12 bits per heavy atom. The Kier molecular flexibility index (Phi) is 7.37. The van der Waals surface area contributed by atoms with Gasteiger partial charge in [0.2, 0.25) is 0 Å². The Morgan fingerprint density at radius 2 is 1.71 bits per heavy atom. The standard InChI is InChI=1S/C11H18NO2P.C2H6/c1-10(11-8-6-5-7-9-11)12(2)15(4,13)14-3;1-2/h5-10H,1-4H3;1-2H3/t10-,15?;/m0./s1. The van der Waals surface area contributed by atoms with Crippen LogP contribution in [0.3, 0.4) is 0 Å². The molecule has 17 heavy (non-hydrogen) atoms. The molecule has 0 aliphatic rings. The van der Waals surface area contributed by atoms with Gasteiger partial charge in [-0.25, -0.2) is 4.67 Å². The zero-order chi connectivity index (χ0) is 13.5. The van der Waals surface area contributed by atoms with Gasteiger partial charge in [-0.1, -0.05) is 44.2 Å². The average Bonchev–Trinajstić information content (AvgIpc) is 2.40. The summed E-state index contributed by atoms with van der Waals surface area (Å²) < 4.78 is 18.8. The molecule has 0 aliphatic heterocycles. The summed E-state index contributed by atoms with van der Waals surface area (Å²) in [4.78, 5) is 0. The fraction of sp³-hybridized carbons (Fsp3) is 0.538. The molecule has 0 saturated heterocycles. The summed E-state index contributed by atoms with van der Waals surface area (Å²) in [5.74, 6) is 0. The first-order valence-electron chi connectivity index (χ1n) is 5.90. The van der Waals surface area contributed by atoms with Gasteiger partial charge in [-0.3, -0.25) is 4.57 Å². The van der Waals surface area contributed by atoms with Crippen molar-refractivity contribution in [1.82, 2.24) is 4.67 Å². The van der Waals surface area contributed by atoms with E-state index >= 15 is 0 Å². The second-order valence-corrected chi connectivity index (χ2v) is 6.25. The molecule has 0 aromatic heterocycles. The summed E-state index contributed by atoms with van der Waals surface area (Å²) in [6.07, 6.45) is 0. The number of rotatable bonds is 4. The molecule has 98 valence electrons. The molecule has 0 heterocycles. The number of benzene rings is 1. The van der Waals surface area contributed by atoms with Crippen LogP contribution in [0.25, 0.3) is 0 Å². The minimum absolute atomic E-state index is 0.0852. The van der Waals surface area contributed by atoms with Gasteiger partial charge < -0.3 is 4.52 Å². The van der Waals surface area contributed by atoms with E-state index in [2.05, 4.69) is 0 Å². The van der Waals surface area contributed by atoms with Crippen molar-refractivity contribution in [1.29, 1.82) is 0 Å². The molecule has 1 aromatic carbocycles. The van der Waals surface area contributed by atoms with E-state index in [0.29, 0.717) is 0 Å². The van der Waals surface area contributed by atoms with Gasteiger partial charge in [0.15, 0.2) is 0 Å². The lowest BCUT2D eigenvalue weighted by Crippen LogP contribution is -2.19. The Labute approximate surface area is 105 Å². The van der Waals surface area contributed by atoms with Crippen molar-refractivity contribution >= 4 is 7.52 Å². The van der Waals surface area contributed by atoms with Crippen molar-refractivity contribution in [2.75, 3.05) is 20.8 Å². The fourth-order valence-corrected chi connectivity index (χ4v) is 2.41. The lowest BCUT2D eigenvalue weighted by molar-refractivity contribution is 0.303. The van der Waals surface area contributed by atoms with Gasteiger partial charge in [0, 0.05) is 19.8 Å². The molecule has 2 atom stereocenters. The van der Waals surface area contributed by atoms with Crippen molar-refractivity contribution in [3.8, 4) is 0 Å². The molecule has 0 spiro atoms. The zero-order valence-electron chi connectivity index (χ0n) is 11.7. The van der Waals surface area contributed by atoms with Gasteiger partial charge >= 0.3 is 0 Å². The summed E-state index contributed by atoms with van der Waals surface area (Å²) in [5.41, 5.74) is 1.14. The van der Waals surface area contributed by atoms with Crippen molar-refractivity contribution in [3.63, 3.8) is 0 Å². The average molecular weight is 257 g/mol. The number of hydrogen-bond donors (Lipinski definition) is 0. The van der Waals surface area contributed by atoms with Crippen LogP contribution in [0.5, 0.6) is 0 Å². The highest BCUT2D eigenvalue weighted by Gasteiger charge is 2.26. The minimum atomic E-state index is -2.65. The van der Waals surface area contributed by atoms with E-state index in [1.807, 2.05) is 58.2 Å². The summed E-state index contributed by atoms with van der Waals surface area (Å²) in [5, 5.41) is 0. The summed E-state index contributed by atoms with van der Waals surface area (Å²) >= 11 is 0. The lowest BCUT2D eigenvalue weighted by Gasteiger charge is -2.29. The summed E-state index contributed by atoms with van der Waals surface area (Å²) in [6, 6.07) is 10.1. The van der Waals surface area contributed by atoms with Gasteiger partial charge in [0.05, 0.1) is 0 Å². The summed E-state index contributed by atoms with van der Waals surface area (Å²) in [7, 11) is 0.650. The molecule has 0 bridgehead atoms. The maximum atomic E-state index is 12.0. The topological polar surface area (TPSA) is 29.5 Å². The molecule has 0 N–H and O–H groups in total. The van der Waals surface area contributed by atoms with Crippen LogP contribution in [0.15, 0.2) is 30.3 Å². The van der Waals surface area contributed by atoms with Gasteiger partial charge in [-0.15, -0.1) is 0 Å². The molecule has 1 aromatic rings. The van der Waals surface area contributed by atoms with E-state index in [4.69, 9.17) is 4.52 Å². The smallest absolute Gasteiger partial charge is 0.269 e. The second-order valence-electron chi connectivity index (χ2n) is 3.65. The number of hydrogen-bond acceptors (Lipinski definition) is 2. The molecular formula is C13H24NO2P. The molecule has 0 amide bonds. The molecule has 0 radical (unpaired) electrons. The Balaban J connectivity index is 0.00000121. The fourth-order valence-electron chi connectivity index (χ4n) is 1.39. The minimum Gasteiger partial charge on any atom is -0.321 e. The van der Waals surface area contributed by atoms with Crippen LogP contribution in [0.2, 0.25) is 0 Å². The Morgan fingerprint density at radius 1 is 1.24 bits per heavy atom. The first kappa shape index (κ1) is 16.4. The second kappa shape index (κ2) is 7.65. The normalized spacial score (nSPS) is 15.7. The first-order chi connectivity index (χ1) is 7.99. The van der Waals surface area contributed by atoms with E-state index in [9.17, 15) is 4.57 Å². The molecule has 3 nitrogen and oxygen atoms in total. The third-order valence-corrected chi connectivity index (χ3v) is 4.92. The molecular weight excluding hydrogens is 233 g/mol. The predicted octanol–water partition coefficient (Wildman–Crippen LogP) is 4.17. The van der Waals surface area contributed by atoms with Crippen LogP contribution in [-0.4, -0.2) is 25.5 Å². The maximum absolute atomic E-state index is 12.0. The van der Waals surface area contributed by atoms with Gasteiger partial charge in [-0.05, 0) is 19.5 Å². The SMILES string of the molecule is CC.COP(C)(=O)N(C)[C@@H](C)c1ccccc1. The van der Waals surface area contributed by atoms with Crippen molar-refractivity contribution in [3.05, 3.63) is 35.9 Å². The van der Waals surface area contributed by atoms with E-state index < -0.39 is 7.52 Å². The Bertz CT molecular complexity index is 354. The van der Waals surface area contributed by atoms with E-state index in [1.54, 1.807) is 11.3 Å². The molecule has 1 rings (SSSR count). The highest BCUT2D eigenvalue weighted by atomic mass is 31.2. The van der Waals surface area contributed by atoms with Gasteiger partial charge in [0.25, 0.3) is 7.52 Å². The first-order valence-corrected chi connectivity index (χ1v) is 7.93. The van der Waals surface area contributed by atoms with Crippen molar-refractivity contribution in [2.24, 2.45) is 0 Å². The van der Waals surface area contributed by atoms with Gasteiger partial charge in [-0.2, -0.15) is 0 Å².